The first kappa shape index (κ1) is 14.4. The molecule has 0 spiro atoms. The van der Waals surface area contributed by atoms with Crippen LogP contribution < -0.4 is 9.64 Å². The molecule has 0 atom stereocenters. The van der Waals surface area contributed by atoms with Crippen LogP contribution in [-0.2, 0) is 0 Å². The average molecular weight is 277 g/mol. The molecule has 0 aliphatic heterocycles. The van der Waals surface area contributed by atoms with Gasteiger partial charge in [0, 0.05) is 7.05 Å². The number of nitrogens with zero attached hydrogens (tertiary/aromatic N) is 3. The molecule has 4 nitrogen and oxygen atoms in total. The Kier molecular flexibility index (Phi) is 4.79. The van der Waals surface area contributed by atoms with Gasteiger partial charge in [0.1, 0.15) is 18.4 Å². The van der Waals surface area contributed by atoms with Crippen molar-refractivity contribution in [1.29, 1.82) is 10.5 Å². The fourth-order valence-corrected chi connectivity index (χ4v) is 1.95. The Morgan fingerprint density at radius 1 is 1.00 bits per heavy atom. The molecule has 21 heavy (non-hydrogen) atoms. The summed E-state index contributed by atoms with van der Waals surface area (Å²) in [6.07, 6.45) is 0. The third-order valence-corrected chi connectivity index (χ3v) is 3.11. The largest absolute Gasteiger partial charge is 0.492 e. The van der Waals surface area contributed by atoms with Crippen LogP contribution in [-0.4, -0.2) is 20.2 Å². The minimum Gasteiger partial charge on any atom is -0.492 e. The summed E-state index contributed by atoms with van der Waals surface area (Å²) in [6, 6.07) is 18.7. The molecular weight excluding hydrogens is 262 g/mol. The van der Waals surface area contributed by atoms with Gasteiger partial charge < -0.3 is 9.64 Å². The third kappa shape index (κ3) is 3.75. The zero-order valence-electron chi connectivity index (χ0n) is 11.8. The molecular formula is C17H15N3O. The molecule has 0 aromatic heterocycles. The standard InChI is InChI=1S/C17H15N3O/c1-20(17-5-3-2-4-15(17)13-19)10-11-21-16-8-6-14(12-18)7-9-16/h2-9H,10-11H2,1H3. The van der Waals surface area contributed by atoms with E-state index >= 15 is 0 Å². The van der Waals surface area contributed by atoms with Crippen LogP contribution in [0.25, 0.3) is 0 Å². The summed E-state index contributed by atoms with van der Waals surface area (Å²) < 4.78 is 5.64. The van der Waals surface area contributed by atoms with Crippen LogP contribution in [0.1, 0.15) is 11.1 Å². The predicted octanol–water partition coefficient (Wildman–Crippen LogP) is 2.95. The Bertz CT molecular complexity index is 680. The maximum Gasteiger partial charge on any atom is 0.119 e. The molecule has 0 heterocycles. The molecule has 0 radical (unpaired) electrons. The highest BCUT2D eigenvalue weighted by molar-refractivity contribution is 5.58. The molecule has 4 heteroatoms. The van der Waals surface area contributed by atoms with E-state index in [9.17, 15) is 0 Å². The quantitative estimate of drug-likeness (QED) is 0.843. The van der Waals surface area contributed by atoms with Gasteiger partial charge in [-0.3, -0.25) is 0 Å². The van der Waals surface area contributed by atoms with Crippen LogP contribution in [0.15, 0.2) is 48.5 Å². The number of anilines is 1. The van der Waals surface area contributed by atoms with Crippen LogP contribution in [0, 0.1) is 22.7 Å². The summed E-state index contributed by atoms with van der Waals surface area (Å²) in [5.74, 6) is 0.732. The number of hydrogen-bond donors (Lipinski definition) is 0. The van der Waals surface area contributed by atoms with Crippen molar-refractivity contribution in [3.05, 3.63) is 59.7 Å². The summed E-state index contributed by atoms with van der Waals surface area (Å²) in [6.45, 7) is 1.17. The molecule has 0 N–H and O–H groups in total. The second-order valence-electron chi connectivity index (χ2n) is 4.54. The Morgan fingerprint density at radius 3 is 2.38 bits per heavy atom. The van der Waals surface area contributed by atoms with Crippen LogP contribution >= 0.6 is 0 Å². The lowest BCUT2D eigenvalue weighted by Gasteiger charge is -2.20. The molecule has 0 fully saturated rings. The number of ether oxygens (including phenoxy) is 1. The van der Waals surface area contributed by atoms with Crippen molar-refractivity contribution in [2.75, 3.05) is 25.1 Å². The zero-order chi connectivity index (χ0) is 15.1. The smallest absolute Gasteiger partial charge is 0.119 e. The van der Waals surface area contributed by atoms with Crippen molar-refractivity contribution < 1.29 is 4.74 Å². The summed E-state index contributed by atoms with van der Waals surface area (Å²) >= 11 is 0. The number of likely N-dealkylation sites (N-methyl/N-ethyl adjacent to an activating group) is 1. The third-order valence-electron chi connectivity index (χ3n) is 3.11. The fourth-order valence-electron chi connectivity index (χ4n) is 1.95. The normalized spacial score (nSPS) is 9.48. The maximum atomic E-state index is 9.09. The lowest BCUT2D eigenvalue weighted by Crippen LogP contribution is -2.24. The molecule has 104 valence electrons. The Hall–Kier alpha value is -2.98. The number of benzene rings is 2. The van der Waals surface area contributed by atoms with Crippen LogP contribution in [0.5, 0.6) is 5.75 Å². The highest BCUT2D eigenvalue weighted by Crippen LogP contribution is 2.18. The number of rotatable bonds is 5. The molecule has 2 aromatic rings. The molecule has 0 aliphatic rings. The molecule has 0 saturated carbocycles. The monoisotopic (exact) mass is 277 g/mol. The van der Waals surface area contributed by atoms with E-state index in [4.69, 9.17) is 15.3 Å². The molecule has 2 rings (SSSR count). The molecule has 0 unspecified atom stereocenters. The van der Waals surface area contributed by atoms with Gasteiger partial charge in [-0.2, -0.15) is 10.5 Å². The van der Waals surface area contributed by atoms with Gasteiger partial charge >= 0.3 is 0 Å². The van der Waals surface area contributed by atoms with Gasteiger partial charge in [-0.25, -0.2) is 0 Å². The van der Waals surface area contributed by atoms with E-state index in [0.717, 1.165) is 11.4 Å². The highest BCUT2D eigenvalue weighted by Gasteiger charge is 2.06. The van der Waals surface area contributed by atoms with E-state index in [1.54, 1.807) is 30.3 Å². The highest BCUT2D eigenvalue weighted by atomic mass is 16.5. The van der Waals surface area contributed by atoms with Crippen LogP contribution in [0.4, 0.5) is 5.69 Å². The zero-order valence-corrected chi connectivity index (χ0v) is 11.8. The van der Waals surface area contributed by atoms with Gasteiger partial charge in [0.05, 0.1) is 29.4 Å². The Labute approximate surface area is 124 Å². The summed E-state index contributed by atoms with van der Waals surface area (Å²) in [7, 11) is 1.93. The first-order valence-electron chi connectivity index (χ1n) is 6.58. The second kappa shape index (κ2) is 6.98. The summed E-state index contributed by atoms with van der Waals surface area (Å²) in [4.78, 5) is 1.99. The van der Waals surface area contributed by atoms with Crippen molar-refractivity contribution in [2.24, 2.45) is 0 Å². The van der Waals surface area contributed by atoms with Crippen LogP contribution in [0.2, 0.25) is 0 Å². The van der Waals surface area contributed by atoms with Gasteiger partial charge in [0.25, 0.3) is 0 Å². The van der Waals surface area contributed by atoms with Gasteiger partial charge in [0.2, 0.25) is 0 Å². The summed E-state index contributed by atoms with van der Waals surface area (Å²) in [5.41, 5.74) is 2.16. The van der Waals surface area contributed by atoms with Gasteiger partial charge in [-0.15, -0.1) is 0 Å². The van der Waals surface area contributed by atoms with Crippen molar-refractivity contribution in [3.8, 4) is 17.9 Å². The van der Waals surface area contributed by atoms with Crippen molar-refractivity contribution in [1.82, 2.24) is 0 Å². The first-order valence-corrected chi connectivity index (χ1v) is 6.58. The van der Waals surface area contributed by atoms with Crippen molar-refractivity contribution in [3.63, 3.8) is 0 Å². The molecule has 0 aliphatic carbocycles. The van der Waals surface area contributed by atoms with Gasteiger partial charge in [-0.05, 0) is 36.4 Å². The molecule has 0 saturated heterocycles. The maximum absolute atomic E-state index is 9.09. The van der Waals surface area contributed by atoms with E-state index in [1.165, 1.54) is 0 Å². The number of hydrogen-bond acceptors (Lipinski definition) is 4. The van der Waals surface area contributed by atoms with E-state index < -0.39 is 0 Å². The average Bonchev–Trinajstić information content (AvgIpc) is 2.55. The lowest BCUT2D eigenvalue weighted by molar-refractivity contribution is 0.326. The SMILES string of the molecule is CN(CCOc1ccc(C#N)cc1)c1ccccc1C#N. The van der Waals surface area contributed by atoms with Gasteiger partial charge in [-0.1, -0.05) is 12.1 Å². The fraction of sp³-hybridized carbons (Fsp3) is 0.176. The number of para-hydroxylation sites is 1. The Morgan fingerprint density at radius 2 is 1.71 bits per heavy atom. The molecule has 0 amide bonds. The number of nitriles is 2. The van der Waals surface area contributed by atoms with E-state index in [-0.39, 0.29) is 0 Å². The Balaban J connectivity index is 1.91. The minimum absolute atomic E-state index is 0.502. The minimum atomic E-state index is 0.502. The van der Waals surface area contributed by atoms with E-state index in [1.807, 2.05) is 30.1 Å². The first-order chi connectivity index (χ1) is 10.2. The topological polar surface area (TPSA) is 60.0 Å². The predicted molar refractivity (Wildman–Crippen MR) is 81.1 cm³/mol. The van der Waals surface area contributed by atoms with Gasteiger partial charge in [0.15, 0.2) is 0 Å². The van der Waals surface area contributed by atoms with E-state index in [0.29, 0.717) is 24.3 Å². The van der Waals surface area contributed by atoms with Crippen molar-refractivity contribution >= 4 is 5.69 Å². The summed E-state index contributed by atoms with van der Waals surface area (Å²) in [5, 5.41) is 17.8. The lowest BCUT2D eigenvalue weighted by atomic mass is 10.2. The van der Waals surface area contributed by atoms with E-state index in [2.05, 4.69) is 12.1 Å². The van der Waals surface area contributed by atoms with Crippen molar-refractivity contribution in [2.45, 2.75) is 0 Å². The molecule has 2 aromatic carbocycles. The second-order valence-corrected chi connectivity index (χ2v) is 4.54. The van der Waals surface area contributed by atoms with Crippen LogP contribution in [0.3, 0.4) is 0 Å². The molecule has 0 bridgehead atoms.